The molecule has 1 N–H and O–H groups in total. The Morgan fingerprint density at radius 1 is 1.29 bits per heavy atom. The second-order valence-corrected chi connectivity index (χ2v) is 8.21. The average molecular weight is 296 g/mol. The van der Waals surface area contributed by atoms with Crippen LogP contribution in [0.25, 0.3) is 0 Å². The van der Waals surface area contributed by atoms with Gasteiger partial charge in [0.05, 0.1) is 0 Å². The minimum absolute atomic E-state index is 0.160. The van der Waals surface area contributed by atoms with E-state index < -0.39 is 5.60 Å². The van der Waals surface area contributed by atoms with Gasteiger partial charge in [-0.15, -0.1) is 0 Å². The van der Waals surface area contributed by atoms with Gasteiger partial charge in [-0.2, -0.15) is 0 Å². The molecular weight excluding hydrogens is 264 g/mol. The predicted molar refractivity (Wildman–Crippen MR) is 85.4 cm³/mol. The maximum atomic E-state index is 12.1. The zero-order valence-corrected chi connectivity index (χ0v) is 14.2. The van der Waals surface area contributed by atoms with E-state index in [0.717, 1.165) is 38.4 Å². The first-order valence-electron chi connectivity index (χ1n) is 8.46. The van der Waals surface area contributed by atoms with Crippen molar-refractivity contribution in [2.24, 2.45) is 11.3 Å². The van der Waals surface area contributed by atoms with Gasteiger partial charge in [0, 0.05) is 19.6 Å². The third-order valence-electron chi connectivity index (χ3n) is 4.83. The molecule has 1 aliphatic heterocycles. The number of amides is 1. The van der Waals surface area contributed by atoms with Crippen molar-refractivity contribution < 1.29 is 9.53 Å². The SMILES string of the molecule is CC1(CNCC2CCC2)CCN(C(=O)OC(C)(C)C)CC1. The van der Waals surface area contributed by atoms with Gasteiger partial charge in [0.15, 0.2) is 0 Å². The highest BCUT2D eigenvalue weighted by atomic mass is 16.6. The van der Waals surface area contributed by atoms with E-state index in [1.807, 2.05) is 25.7 Å². The molecule has 1 saturated carbocycles. The van der Waals surface area contributed by atoms with E-state index in [1.54, 1.807) is 0 Å². The minimum atomic E-state index is -0.401. The first-order chi connectivity index (χ1) is 9.77. The number of hydrogen-bond acceptors (Lipinski definition) is 3. The molecule has 2 fully saturated rings. The Morgan fingerprint density at radius 2 is 1.90 bits per heavy atom. The van der Waals surface area contributed by atoms with Crippen LogP contribution < -0.4 is 5.32 Å². The maximum absolute atomic E-state index is 12.1. The molecule has 0 bridgehead atoms. The fraction of sp³-hybridized carbons (Fsp3) is 0.941. The number of nitrogens with one attached hydrogen (secondary N) is 1. The number of nitrogens with zero attached hydrogens (tertiary/aromatic N) is 1. The molecule has 1 aliphatic carbocycles. The molecule has 21 heavy (non-hydrogen) atoms. The van der Waals surface area contributed by atoms with E-state index in [9.17, 15) is 4.79 Å². The van der Waals surface area contributed by atoms with Gasteiger partial charge >= 0.3 is 6.09 Å². The summed E-state index contributed by atoms with van der Waals surface area (Å²) in [7, 11) is 0. The molecule has 2 aliphatic rings. The van der Waals surface area contributed by atoms with Gasteiger partial charge in [-0.25, -0.2) is 4.79 Å². The van der Waals surface area contributed by atoms with Crippen LogP contribution >= 0.6 is 0 Å². The van der Waals surface area contributed by atoms with Gasteiger partial charge in [0.1, 0.15) is 5.60 Å². The molecule has 0 radical (unpaired) electrons. The molecule has 0 aromatic rings. The van der Waals surface area contributed by atoms with Crippen LogP contribution in [0.4, 0.5) is 4.79 Å². The molecule has 0 atom stereocenters. The summed E-state index contributed by atoms with van der Waals surface area (Å²) < 4.78 is 5.45. The van der Waals surface area contributed by atoms with Crippen molar-refractivity contribution in [1.29, 1.82) is 0 Å². The summed E-state index contributed by atoms with van der Waals surface area (Å²) in [6.45, 7) is 12.0. The van der Waals surface area contributed by atoms with Crippen LogP contribution in [0.15, 0.2) is 0 Å². The van der Waals surface area contributed by atoms with Crippen molar-refractivity contribution >= 4 is 6.09 Å². The molecule has 0 spiro atoms. The fourth-order valence-corrected chi connectivity index (χ4v) is 3.01. The van der Waals surface area contributed by atoms with Gasteiger partial charge in [-0.3, -0.25) is 0 Å². The van der Waals surface area contributed by atoms with Crippen LogP contribution in [-0.2, 0) is 4.74 Å². The molecule has 0 aromatic carbocycles. The number of ether oxygens (including phenoxy) is 1. The third-order valence-corrected chi connectivity index (χ3v) is 4.83. The zero-order valence-electron chi connectivity index (χ0n) is 14.2. The lowest BCUT2D eigenvalue weighted by Gasteiger charge is -2.40. The van der Waals surface area contributed by atoms with Gasteiger partial charge in [-0.1, -0.05) is 13.3 Å². The van der Waals surface area contributed by atoms with Crippen LogP contribution in [0.3, 0.4) is 0 Å². The van der Waals surface area contributed by atoms with Crippen molar-refractivity contribution in [3.63, 3.8) is 0 Å². The lowest BCUT2D eigenvalue weighted by atomic mass is 9.79. The van der Waals surface area contributed by atoms with E-state index in [-0.39, 0.29) is 6.09 Å². The Kier molecular flexibility index (Phi) is 5.18. The van der Waals surface area contributed by atoms with E-state index >= 15 is 0 Å². The highest BCUT2D eigenvalue weighted by Crippen LogP contribution is 2.31. The van der Waals surface area contributed by atoms with E-state index in [0.29, 0.717) is 5.41 Å². The Morgan fingerprint density at radius 3 is 2.38 bits per heavy atom. The molecule has 1 amide bonds. The normalized spacial score (nSPS) is 22.8. The van der Waals surface area contributed by atoms with Crippen LogP contribution in [0, 0.1) is 11.3 Å². The molecule has 0 unspecified atom stereocenters. The summed E-state index contributed by atoms with van der Waals surface area (Å²) in [5.41, 5.74) is -0.0789. The van der Waals surface area contributed by atoms with Gasteiger partial charge in [0.2, 0.25) is 0 Å². The van der Waals surface area contributed by atoms with E-state index in [2.05, 4.69) is 12.2 Å². The molecule has 2 rings (SSSR count). The molecule has 122 valence electrons. The van der Waals surface area contributed by atoms with E-state index in [1.165, 1.54) is 25.8 Å². The Hall–Kier alpha value is -0.770. The lowest BCUT2D eigenvalue weighted by Crippen LogP contribution is -2.47. The van der Waals surface area contributed by atoms with Crippen molar-refractivity contribution in [3.05, 3.63) is 0 Å². The second kappa shape index (κ2) is 6.55. The fourth-order valence-electron chi connectivity index (χ4n) is 3.01. The van der Waals surface area contributed by atoms with Crippen molar-refractivity contribution in [2.45, 2.75) is 65.4 Å². The van der Waals surface area contributed by atoms with Crippen LogP contribution in [-0.4, -0.2) is 42.8 Å². The predicted octanol–water partition coefficient (Wildman–Crippen LogP) is 3.41. The van der Waals surface area contributed by atoms with Crippen molar-refractivity contribution in [2.75, 3.05) is 26.2 Å². The molecule has 4 heteroatoms. The van der Waals surface area contributed by atoms with Crippen molar-refractivity contribution in [3.8, 4) is 0 Å². The number of rotatable bonds is 4. The summed E-state index contributed by atoms with van der Waals surface area (Å²) in [5.74, 6) is 0.912. The Labute approximate surface area is 129 Å². The quantitative estimate of drug-likeness (QED) is 0.864. The van der Waals surface area contributed by atoms with Crippen LogP contribution in [0.5, 0.6) is 0 Å². The number of carbonyl (C=O) groups is 1. The summed E-state index contributed by atoms with van der Waals surface area (Å²) in [4.78, 5) is 13.9. The number of likely N-dealkylation sites (tertiary alicyclic amines) is 1. The smallest absolute Gasteiger partial charge is 0.410 e. The van der Waals surface area contributed by atoms with Gasteiger partial charge in [0.25, 0.3) is 0 Å². The number of carbonyl (C=O) groups excluding carboxylic acids is 1. The monoisotopic (exact) mass is 296 g/mol. The highest BCUT2D eigenvalue weighted by molar-refractivity contribution is 5.68. The Bertz CT molecular complexity index is 350. The van der Waals surface area contributed by atoms with Gasteiger partial charge in [-0.05, 0) is 64.3 Å². The number of hydrogen-bond donors (Lipinski definition) is 1. The Balaban J connectivity index is 1.69. The van der Waals surface area contributed by atoms with Crippen LogP contribution in [0.1, 0.15) is 59.8 Å². The summed E-state index contributed by atoms with van der Waals surface area (Å²) in [5, 5.41) is 3.65. The first kappa shape index (κ1) is 16.6. The number of piperidine rings is 1. The standard InChI is InChI=1S/C17H32N2O2/c1-16(2,3)21-15(20)19-10-8-17(4,9-11-19)13-18-12-14-6-5-7-14/h14,18H,5-13H2,1-4H3. The summed E-state index contributed by atoms with van der Waals surface area (Å²) >= 11 is 0. The highest BCUT2D eigenvalue weighted by Gasteiger charge is 2.33. The second-order valence-electron chi connectivity index (χ2n) is 8.21. The molecule has 4 nitrogen and oxygen atoms in total. The third kappa shape index (κ3) is 5.17. The largest absolute Gasteiger partial charge is 0.444 e. The molecular formula is C17H32N2O2. The van der Waals surface area contributed by atoms with Crippen LogP contribution in [0.2, 0.25) is 0 Å². The van der Waals surface area contributed by atoms with Gasteiger partial charge < -0.3 is 15.0 Å². The molecule has 1 heterocycles. The zero-order chi connectivity index (χ0) is 15.5. The summed E-state index contributed by atoms with van der Waals surface area (Å²) in [6.07, 6.45) is 6.17. The molecule has 1 saturated heterocycles. The topological polar surface area (TPSA) is 41.6 Å². The lowest BCUT2D eigenvalue weighted by molar-refractivity contribution is 0.0118. The average Bonchev–Trinajstić information content (AvgIpc) is 2.31. The maximum Gasteiger partial charge on any atom is 0.410 e. The summed E-state index contributed by atoms with van der Waals surface area (Å²) in [6, 6.07) is 0. The first-order valence-corrected chi connectivity index (χ1v) is 8.46. The minimum Gasteiger partial charge on any atom is -0.444 e. The van der Waals surface area contributed by atoms with E-state index in [4.69, 9.17) is 4.74 Å². The molecule has 0 aromatic heterocycles. The van der Waals surface area contributed by atoms with Crippen molar-refractivity contribution in [1.82, 2.24) is 10.2 Å².